The normalized spacial score (nSPS) is 28.0. The summed E-state index contributed by atoms with van der Waals surface area (Å²) in [6, 6.07) is 18.3. The molecule has 2 saturated heterocycles. The van der Waals surface area contributed by atoms with Gasteiger partial charge < -0.3 is 14.6 Å². The minimum Gasteiger partial charge on any atom is -0.457 e. The number of aliphatic hydroxyl groups excluding tert-OH is 1. The van der Waals surface area contributed by atoms with Crippen molar-refractivity contribution in [3.05, 3.63) is 60.2 Å². The third kappa shape index (κ3) is 3.31. The molecule has 2 heterocycles. The second-order valence-electron chi connectivity index (χ2n) is 7.55. The van der Waals surface area contributed by atoms with Gasteiger partial charge in [-0.2, -0.15) is 0 Å². The monoisotopic (exact) mass is 338 g/mol. The van der Waals surface area contributed by atoms with E-state index in [9.17, 15) is 0 Å². The summed E-state index contributed by atoms with van der Waals surface area (Å²) < 4.78 is 12.4. The Labute approximate surface area is 149 Å². The number of fused-ring (bicyclic) bond motifs is 3. The molecule has 5 rings (SSSR count). The highest BCUT2D eigenvalue weighted by Gasteiger charge is 2.50. The van der Waals surface area contributed by atoms with Gasteiger partial charge in [-0.3, -0.25) is 0 Å². The topological polar surface area (TPSA) is 38.7 Å². The van der Waals surface area contributed by atoms with Crippen molar-refractivity contribution in [2.75, 3.05) is 13.2 Å². The second-order valence-corrected chi connectivity index (χ2v) is 7.55. The van der Waals surface area contributed by atoms with E-state index < -0.39 is 0 Å². The van der Waals surface area contributed by atoms with Crippen LogP contribution in [0, 0.1) is 5.41 Å². The Bertz CT molecular complexity index is 686. The number of hydrogen-bond donors (Lipinski definition) is 1. The van der Waals surface area contributed by atoms with Gasteiger partial charge in [-0.25, -0.2) is 0 Å². The summed E-state index contributed by atoms with van der Waals surface area (Å²) in [5, 5.41) is 9.15. The molecular formula is C22H26O3. The highest BCUT2D eigenvalue weighted by atomic mass is 16.5. The maximum absolute atomic E-state index is 9.15. The second kappa shape index (κ2) is 6.81. The third-order valence-electron chi connectivity index (χ3n) is 5.98. The summed E-state index contributed by atoms with van der Waals surface area (Å²) in [7, 11) is 0. The maximum atomic E-state index is 9.15. The molecular weight excluding hydrogens is 312 g/mol. The van der Waals surface area contributed by atoms with E-state index in [-0.39, 0.29) is 12.2 Å². The third-order valence-corrected chi connectivity index (χ3v) is 5.98. The molecule has 3 fully saturated rings. The molecule has 3 aliphatic rings. The lowest BCUT2D eigenvalue weighted by atomic mass is 9.62. The van der Waals surface area contributed by atoms with Crippen molar-refractivity contribution in [1.82, 2.24) is 0 Å². The number of hydrogen-bond acceptors (Lipinski definition) is 3. The molecule has 2 aromatic rings. The average Bonchev–Trinajstić information content (AvgIpc) is 2.69. The molecule has 1 N–H and O–H groups in total. The Morgan fingerprint density at radius 2 is 1.68 bits per heavy atom. The Morgan fingerprint density at radius 1 is 0.920 bits per heavy atom. The van der Waals surface area contributed by atoms with E-state index in [1.807, 2.05) is 36.4 Å². The first-order valence-corrected chi connectivity index (χ1v) is 9.32. The van der Waals surface area contributed by atoms with Gasteiger partial charge in [-0.15, -0.1) is 0 Å². The molecule has 3 nitrogen and oxygen atoms in total. The molecule has 1 saturated carbocycles. The molecule has 3 heteroatoms. The van der Waals surface area contributed by atoms with Crippen molar-refractivity contribution < 1.29 is 14.6 Å². The van der Waals surface area contributed by atoms with Crippen LogP contribution >= 0.6 is 0 Å². The van der Waals surface area contributed by atoms with Crippen molar-refractivity contribution in [1.29, 1.82) is 0 Å². The minimum absolute atomic E-state index is 0.156. The predicted octanol–water partition coefficient (Wildman–Crippen LogP) is 5.04. The van der Waals surface area contributed by atoms with E-state index in [0.29, 0.717) is 5.41 Å². The first-order chi connectivity index (χ1) is 12.2. The van der Waals surface area contributed by atoms with Gasteiger partial charge in [0.25, 0.3) is 0 Å². The molecule has 0 unspecified atom stereocenters. The van der Waals surface area contributed by atoms with E-state index >= 15 is 0 Å². The summed E-state index contributed by atoms with van der Waals surface area (Å²) in [5.41, 5.74) is 1.37. The highest BCUT2D eigenvalue weighted by Crippen LogP contribution is 2.55. The molecule has 132 valence electrons. The van der Waals surface area contributed by atoms with Gasteiger partial charge in [0.1, 0.15) is 11.5 Å². The first kappa shape index (κ1) is 16.6. The fourth-order valence-corrected chi connectivity index (χ4v) is 4.38. The van der Waals surface area contributed by atoms with Crippen LogP contribution in [-0.2, 0) is 10.3 Å². The predicted molar refractivity (Wildman–Crippen MR) is 97.8 cm³/mol. The molecule has 2 aromatic carbocycles. The lowest BCUT2D eigenvalue weighted by molar-refractivity contribution is -0.192. The highest BCUT2D eigenvalue weighted by molar-refractivity contribution is 5.37. The number of benzene rings is 2. The van der Waals surface area contributed by atoms with E-state index in [2.05, 4.69) is 18.2 Å². The van der Waals surface area contributed by atoms with Crippen molar-refractivity contribution in [2.24, 2.45) is 5.41 Å². The number of aliphatic hydroxyl groups is 1. The van der Waals surface area contributed by atoms with Crippen LogP contribution in [0.5, 0.6) is 11.5 Å². The van der Waals surface area contributed by atoms with Crippen molar-refractivity contribution in [3.63, 3.8) is 0 Å². The number of para-hydroxylation sites is 1. The molecule has 0 radical (unpaired) electrons. The van der Waals surface area contributed by atoms with Crippen LogP contribution < -0.4 is 4.74 Å². The minimum atomic E-state index is -0.156. The Balaban J connectivity index is 1.50. The van der Waals surface area contributed by atoms with E-state index in [1.54, 1.807) is 0 Å². The van der Waals surface area contributed by atoms with Crippen molar-refractivity contribution >= 4 is 0 Å². The van der Waals surface area contributed by atoms with Gasteiger partial charge in [-0.05, 0) is 73.8 Å². The van der Waals surface area contributed by atoms with Crippen LogP contribution in [0.15, 0.2) is 54.6 Å². The zero-order chi connectivity index (χ0) is 17.2. The van der Waals surface area contributed by atoms with Gasteiger partial charge in [0, 0.05) is 6.61 Å². The summed E-state index contributed by atoms with van der Waals surface area (Å²) in [6.07, 6.45) is 6.47. The standard InChI is InChI=1S/C22H26O3/c23-15-5-10-21-11-13-22(14-12-21,24-17-21)18-6-4-9-20(16-18)25-19-7-2-1-3-8-19/h1-4,6-9,16,23H,5,10-15,17H2. The first-order valence-electron chi connectivity index (χ1n) is 9.32. The fraction of sp³-hybridized carbons (Fsp3) is 0.455. The van der Waals surface area contributed by atoms with Gasteiger partial charge in [-0.1, -0.05) is 30.3 Å². The zero-order valence-electron chi connectivity index (χ0n) is 14.6. The van der Waals surface area contributed by atoms with Gasteiger partial charge in [0.2, 0.25) is 0 Å². The SMILES string of the molecule is OCCCC12CCC(c3cccc(Oc4ccccc4)c3)(CC1)OC2. The van der Waals surface area contributed by atoms with Gasteiger partial charge in [0.05, 0.1) is 12.2 Å². The largest absolute Gasteiger partial charge is 0.457 e. The van der Waals surface area contributed by atoms with Gasteiger partial charge in [0.15, 0.2) is 0 Å². The molecule has 0 amide bonds. The van der Waals surface area contributed by atoms with Crippen molar-refractivity contribution in [3.8, 4) is 11.5 Å². The van der Waals surface area contributed by atoms with E-state index in [1.165, 1.54) is 18.4 Å². The molecule has 2 aliphatic heterocycles. The summed E-state index contributed by atoms with van der Waals surface area (Å²) in [5.74, 6) is 1.72. The fourth-order valence-electron chi connectivity index (χ4n) is 4.38. The summed E-state index contributed by atoms with van der Waals surface area (Å²) in [4.78, 5) is 0. The molecule has 1 aliphatic carbocycles. The molecule has 2 bridgehead atoms. The molecule has 0 spiro atoms. The summed E-state index contributed by atoms with van der Waals surface area (Å²) >= 11 is 0. The quantitative estimate of drug-likeness (QED) is 0.802. The van der Waals surface area contributed by atoms with E-state index in [0.717, 1.165) is 43.8 Å². The molecule has 25 heavy (non-hydrogen) atoms. The molecule has 0 atom stereocenters. The number of rotatable bonds is 6. The van der Waals surface area contributed by atoms with E-state index in [4.69, 9.17) is 14.6 Å². The Hall–Kier alpha value is -1.84. The Morgan fingerprint density at radius 3 is 2.36 bits per heavy atom. The van der Waals surface area contributed by atoms with Crippen LogP contribution in [0.25, 0.3) is 0 Å². The summed E-state index contributed by atoms with van der Waals surface area (Å²) in [6.45, 7) is 1.10. The van der Waals surface area contributed by atoms with Crippen LogP contribution in [0.4, 0.5) is 0 Å². The van der Waals surface area contributed by atoms with Crippen LogP contribution in [0.1, 0.15) is 44.1 Å². The van der Waals surface area contributed by atoms with Crippen molar-refractivity contribution in [2.45, 2.75) is 44.1 Å². The van der Waals surface area contributed by atoms with Crippen LogP contribution in [0.2, 0.25) is 0 Å². The smallest absolute Gasteiger partial charge is 0.127 e. The lowest BCUT2D eigenvalue weighted by Gasteiger charge is -2.53. The Kier molecular flexibility index (Phi) is 4.53. The van der Waals surface area contributed by atoms with Gasteiger partial charge >= 0.3 is 0 Å². The maximum Gasteiger partial charge on any atom is 0.127 e. The zero-order valence-corrected chi connectivity index (χ0v) is 14.6. The number of ether oxygens (including phenoxy) is 2. The van der Waals surface area contributed by atoms with Crippen LogP contribution in [-0.4, -0.2) is 18.3 Å². The average molecular weight is 338 g/mol. The van der Waals surface area contributed by atoms with Crippen LogP contribution in [0.3, 0.4) is 0 Å². The molecule has 0 aromatic heterocycles. The lowest BCUT2D eigenvalue weighted by Crippen LogP contribution is -2.49.